The molecule has 1 aromatic rings. The van der Waals surface area contributed by atoms with Crippen LogP contribution in [0.1, 0.15) is 49.4 Å². The molecule has 6 nitrogen and oxygen atoms in total. The Morgan fingerprint density at radius 1 is 1.17 bits per heavy atom. The zero-order valence-corrected chi connectivity index (χ0v) is 17.9. The van der Waals surface area contributed by atoms with Crippen molar-refractivity contribution in [2.75, 3.05) is 32.8 Å². The van der Waals surface area contributed by atoms with Crippen LogP contribution >= 0.6 is 12.4 Å². The fourth-order valence-electron chi connectivity index (χ4n) is 4.77. The average molecular weight is 422 g/mol. The zero-order chi connectivity index (χ0) is 19.6. The molecule has 1 aliphatic carbocycles. The van der Waals surface area contributed by atoms with Gasteiger partial charge in [0, 0.05) is 30.6 Å². The maximum absolute atomic E-state index is 12.7. The Bertz CT molecular complexity index is 711. The molecule has 2 amide bonds. The average Bonchev–Trinajstić information content (AvgIpc) is 3.42. The molecule has 1 unspecified atom stereocenters. The zero-order valence-electron chi connectivity index (χ0n) is 17.1. The number of carbonyl (C=O) groups is 2. The summed E-state index contributed by atoms with van der Waals surface area (Å²) in [7, 11) is 0. The van der Waals surface area contributed by atoms with E-state index in [1.807, 2.05) is 36.1 Å². The SMILES string of the molecule is CCOc1ccc(C(=O)N2CCC(NC(=O)C3CC34CCNCC4)CC2)cc1.Cl. The fourth-order valence-corrected chi connectivity index (χ4v) is 4.77. The minimum absolute atomic E-state index is 0. The van der Waals surface area contributed by atoms with Crippen LogP contribution in [0.5, 0.6) is 5.75 Å². The van der Waals surface area contributed by atoms with Crippen LogP contribution in [0.2, 0.25) is 0 Å². The quantitative estimate of drug-likeness (QED) is 0.766. The summed E-state index contributed by atoms with van der Waals surface area (Å²) in [5, 5.41) is 6.64. The van der Waals surface area contributed by atoms with Crippen molar-refractivity contribution in [1.82, 2.24) is 15.5 Å². The number of rotatable bonds is 5. The van der Waals surface area contributed by atoms with Gasteiger partial charge in [-0.2, -0.15) is 0 Å². The van der Waals surface area contributed by atoms with Gasteiger partial charge in [0.2, 0.25) is 5.91 Å². The van der Waals surface area contributed by atoms with Crippen molar-refractivity contribution in [3.8, 4) is 5.75 Å². The molecule has 2 aliphatic heterocycles. The first-order chi connectivity index (χ1) is 13.6. The van der Waals surface area contributed by atoms with Crippen molar-refractivity contribution < 1.29 is 14.3 Å². The van der Waals surface area contributed by atoms with Gasteiger partial charge in [0.1, 0.15) is 5.75 Å². The summed E-state index contributed by atoms with van der Waals surface area (Å²) in [6, 6.07) is 7.53. The Labute approximate surface area is 179 Å². The van der Waals surface area contributed by atoms with E-state index < -0.39 is 0 Å². The summed E-state index contributed by atoms with van der Waals surface area (Å²) in [5.41, 5.74) is 0.969. The molecule has 1 aromatic carbocycles. The molecule has 0 bridgehead atoms. The number of nitrogens with zero attached hydrogens (tertiary/aromatic N) is 1. The second kappa shape index (κ2) is 9.35. The number of hydrogen-bond acceptors (Lipinski definition) is 4. The second-order valence-corrected chi connectivity index (χ2v) is 8.40. The Hall–Kier alpha value is -1.79. The topological polar surface area (TPSA) is 70.7 Å². The van der Waals surface area contributed by atoms with Crippen LogP contribution in [0.3, 0.4) is 0 Å². The summed E-state index contributed by atoms with van der Waals surface area (Å²) < 4.78 is 5.43. The molecule has 2 saturated heterocycles. The lowest BCUT2D eigenvalue weighted by molar-refractivity contribution is -0.124. The van der Waals surface area contributed by atoms with Crippen LogP contribution in [0.15, 0.2) is 24.3 Å². The van der Waals surface area contributed by atoms with Crippen molar-refractivity contribution in [1.29, 1.82) is 0 Å². The number of piperidine rings is 2. The highest BCUT2D eigenvalue weighted by Gasteiger charge is 2.57. The van der Waals surface area contributed by atoms with E-state index >= 15 is 0 Å². The van der Waals surface area contributed by atoms with Crippen LogP contribution in [0.4, 0.5) is 0 Å². The van der Waals surface area contributed by atoms with Crippen molar-refractivity contribution in [2.24, 2.45) is 11.3 Å². The summed E-state index contributed by atoms with van der Waals surface area (Å²) in [5.74, 6) is 1.28. The third-order valence-electron chi connectivity index (χ3n) is 6.65. The minimum atomic E-state index is 0. The van der Waals surface area contributed by atoms with Crippen molar-refractivity contribution in [3.05, 3.63) is 29.8 Å². The first-order valence-electron chi connectivity index (χ1n) is 10.6. The van der Waals surface area contributed by atoms with Gasteiger partial charge in [-0.25, -0.2) is 0 Å². The molecule has 1 saturated carbocycles. The molecule has 0 aromatic heterocycles. The molecule has 4 rings (SSSR count). The molecule has 1 spiro atoms. The standard InChI is InChI=1S/C22H31N3O3.ClH/c1-2-28-18-5-3-16(4-6-18)21(27)25-13-7-17(8-14-25)24-20(26)19-15-22(19)9-11-23-12-10-22;/h3-6,17,19,23H,2,7-15H2,1H3,(H,24,26);1H. The number of benzene rings is 1. The van der Waals surface area contributed by atoms with E-state index in [4.69, 9.17) is 4.74 Å². The van der Waals surface area contributed by atoms with Gasteiger partial charge in [0.25, 0.3) is 5.91 Å². The Kier molecular flexibility index (Phi) is 7.06. The lowest BCUT2D eigenvalue weighted by Crippen LogP contribution is -2.47. The van der Waals surface area contributed by atoms with E-state index in [0.29, 0.717) is 25.3 Å². The van der Waals surface area contributed by atoms with Crippen LogP contribution in [0, 0.1) is 11.3 Å². The molecule has 29 heavy (non-hydrogen) atoms. The third-order valence-corrected chi connectivity index (χ3v) is 6.65. The lowest BCUT2D eigenvalue weighted by atomic mass is 9.91. The van der Waals surface area contributed by atoms with E-state index in [1.54, 1.807) is 0 Å². The predicted molar refractivity (Wildman–Crippen MR) is 115 cm³/mol. The highest BCUT2D eigenvalue weighted by molar-refractivity contribution is 5.94. The van der Waals surface area contributed by atoms with Crippen LogP contribution in [-0.4, -0.2) is 55.5 Å². The Balaban J connectivity index is 0.00000240. The van der Waals surface area contributed by atoms with Gasteiger partial charge < -0.3 is 20.3 Å². The monoisotopic (exact) mass is 421 g/mol. The molecular weight excluding hydrogens is 390 g/mol. The molecule has 160 valence electrons. The molecule has 2 heterocycles. The summed E-state index contributed by atoms with van der Waals surface area (Å²) in [4.78, 5) is 27.2. The van der Waals surface area contributed by atoms with Gasteiger partial charge in [-0.05, 0) is 81.8 Å². The number of halogens is 1. The molecular formula is C22H32ClN3O3. The maximum atomic E-state index is 12.7. The molecule has 7 heteroatoms. The van der Waals surface area contributed by atoms with Crippen molar-refractivity contribution >= 4 is 24.2 Å². The third kappa shape index (κ3) is 4.86. The van der Waals surface area contributed by atoms with Gasteiger partial charge in [-0.1, -0.05) is 0 Å². The molecule has 2 N–H and O–H groups in total. The van der Waals surface area contributed by atoms with Crippen LogP contribution in [0.25, 0.3) is 0 Å². The van der Waals surface area contributed by atoms with Crippen molar-refractivity contribution in [3.63, 3.8) is 0 Å². The number of hydrogen-bond donors (Lipinski definition) is 2. The Morgan fingerprint density at radius 3 is 2.45 bits per heavy atom. The highest BCUT2D eigenvalue weighted by atomic mass is 35.5. The van der Waals surface area contributed by atoms with Gasteiger partial charge in [0.15, 0.2) is 0 Å². The normalized spacial score (nSPS) is 23.2. The minimum Gasteiger partial charge on any atom is -0.494 e. The highest BCUT2D eigenvalue weighted by Crippen LogP contribution is 2.58. The first kappa shape index (κ1) is 21.9. The summed E-state index contributed by atoms with van der Waals surface area (Å²) in [6.07, 6.45) is 4.96. The number of likely N-dealkylation sites (tertiary alicyclic amines) is 1. The van der Waals surface area contributed by atoms with Crippen LogP contribution in [-0.2, 0) is 4.79 Å². The van der Waals surface area contributed by atoms with E-state index in [9.17, 15) is 9.59 Å². The van der Waals surface area contributed by atoms with Gasteiger partial charge >= 0.3 is 0 Å². The van der Waals surface area contributed by atoms with E-state index in [1.165, 1.54) is 0 Å². The summed E-state index contributed by atoms with van der Waals surface area (Å²) in [6.45, 7) is 6.02. The van der Waals surface area contributed by atoms with E-state index in [2.05, 4.69) is 10.6 Å². The number of amides is 2. The first-order valence-corrected chi connectivity index (χ1v) is 10.6. The largest absolute Gasteiger partial charge is 0.494 e. The number of carbonyl (C=O) groups excluding carboxylic acids is 2. The number of ether oxygens (including phenoxy) is 1. The Morgan fingerprint density at radius 2 is 1.83 bits per heavy atom. The van der Waals surface area contributed by atoms with Crippen LogP contribution < -0.4 is 15.4 Å². The molecule has 3 fully saturated rings. The smallest absolute Gasteiger partial charge is 0.253 e. The predicted octanol–water partition coefficient (Wildman–Crippen LogP) is 2.62. The lowest BCUT2D eigenvalue weighted by Gasteiger charge is -2.33. The molecule has 3 aliphatic rings. The molecule has 0 radical (unpaired) electrons. The van der Waals surface area contributed by atoms with E-state index in [0.717, 1.165) is 50.9 Å². The number of nitrogens with one attached hydrogen (secondary N) is 2. The van der Waals surface area contributed by atoms with Gasteiger partial charge in [0.05, 0.1) is 6.61 Å². The van der Waals surface area contributed by atoms with Gasteiger partial charge in [-0.15, -0.1) is 12.4 Å². The maximum Gasteiger partial charge on any atom is 0.253 e. The van der Waals surface area contributed by atoms with E-state index in [-0.39, 0.29) is 41.6 Å². The molecule has 1 atom stereocenters. The van der Waals surface area contributed by atoms with Gasteiger partial charge in [-0.3, -0.25) is 9.59 Å². The second-order valence-electron chi connectivity index (χ2n) is 8.40. The summed E-state index contributed by atoms with van der Waals surface area (Å²) >= 11 is 0. The van der Waals surface area contributed by atoms with Crippen molar-refractivity contribution in [2.45, 2.75) is 45.1 Å². The fraction of sp³-hybridized carbons (Fsp3) is 0.636.